The van der Waals surface area contributed by atoms with E-state index in [1.54, 1.807) is 13.1 Å². The molecule has 21 heavy (non-hydrogen) atoms. The molecule has 2 rings (SSSR count). The Balaban J connectivity index is 2.45. The van der Waals surface area contributed by atoms with E-state index >= 15 is 0 Å². The zero-order chi connectivity index (χ0) is 15.8. The van der Waals surface area contributed by atoms with Gasteiger partial charge in [0.25, 0.3) is 0 Å². The van der Waals surface area contributed by atoms with Gasteiger partial charge in [0.1, 0.15) is 16.0 Å². The van der Waals surface area contributed by atoms with Crippen molar-refractivity contribution in [1.29, 1.82) is 0 Å². The van der Waals surface area contributed by atoms with Crippen molar-refractivity contribution in [2.75, 3.05) is 0 Å². The van der Waals surface area contributed by atoms with Crippen molar-refractivity contribution in [3.63, 3.8) is 0 Å². The zero-order valence-corrected chi connectivity index (χ0v) is 13.5. The van der Waals surface area contributed by atoms with Gasteiger partial charge in [-0.3, -0.25) is 19.4 Å². The maximum absolute atomic E-state index is 11.3. The Bertz CT molecular complexity index is 793. The van der Waals surface area contributed by atoms with E-state index in [-0.39, 0.29) is 5.41 Å². The summed E-state index contributed by atoms with van der Waals surface area (Å²) in [5.74, 6) is 0.590. The monoisotopic (exact) mass is 327 g/mol. The third kappa shape index (κ3) is 3.70. The second-order valence-electron chi connectivity index (χ2n) is 5.40. The summed E-state index contributed by atoms with van der Waals surface area (Å²) in [7, 11) is 1.59. The molecule has 7 nitrogen and oxygen atoms in total. The first-order chi connectivity index (χ1) is 9.66. The molecule has 0 spiro atoms. The van der Waals surface area contributed by atoms with E-state index < -0.39 is 11.1 Å². The van der Waals surface area contributed by atoms with E-state index in [2.05, 4.69) is 20.1 Å². The number of aromatic nitrogens is 5. The predicted octanol–water partition coefficient (Wildman–Crippen LogP) is 1.36. The molecular formula is C12H14ClN5O2S. The fraction of sp³-hybridized carbons (Fsp3) is 0.417. The Morgan fingerprint density at radius 2 is 1.90 bits per heavy atom. The Labute approximate surface area is 129 Å². The van der Waals surface area contributed by atoms with E-state index in [1.165, 1.54) is 4.68 Å². The molecule has 0 unspecified atom stereocenters. The first-order valence-electron chi connectivity index (χ1n) is 6.07. The van der Waals surface area contributed by atoms with Gasteiger partial charge in [-0.25, -0.2) is 9.97 Å². The van der Waals surface area contributed by atoms with Gasteiger partial charge in [-0.2, -0.15) is 4.98 Å². The summed E-state index contributed by atoms with van der Waals surface area (Å²) in [6, 6.07) is 1.58. The van der Waals surface area contributed by atoms with E-state index in [4.69, 9.17) is 11.6 Å². The van der Waals surface area contributed by atoms with Crippen LogP contribution in [0.15, 0.2) is 25.8 Å². The molecule has 0 aliphatic heterocycles. The lowest BCUT2D eigenvalue weighted by molar-refractivity contribution is 0.538. The summed E-state index contributed by atoms with van der Waals surface area (Å²) in [4.78, 5) is 34.8. The Kier molecular flexibility index (Phi) is 4.20. The molecule has 0 amide bonds. The second kappa shape index (κ2) is 5.61. The van der Waals surface area contributed by atoms with Gasteiger partial charge in [0.2, 0.25) is 0 Å². The van der Waals surface area contributed by atoms with E-state index in [0.29, 0.717) is 21.2 Å². The van der Waals surface area contributed by atoms with Gasteiger partial charge in [0, 0.05) is 18.5 Å². The van der Waals surface area contributed by atoms with Crippen LogP contribution in [0.5, 0.6) is 0 Å². The van der Waals surface area contributed by atoms with Crippen LogP contribution >= 0.6 is 23.4 Å². The minimum Gasteiger partial charge on any atom is -0.265 e. The van der Waals surface area contributed by atoms with Crippen molar-refractivity contribution in [1.82, 2.24) is 24.7 Å². The number of hydrogen-bond acceptors (Lipinski definition) is 6. The maximum atomic E-state index is 11.3. The molecule has 0 radical (unpaired) electrons. The van der Waals surface area contributed by atoms with Crippen LogP contribution in [0.4, 0.5) is 0 Å². The zero-order valence-electron chi connectivity index (χ0n) is 12.0. The van der Waals surface area contributed by atoms with Gasteiger partial charge in [0.15, 0.2) is 5.16 Å². The summed E-state index contributed by atoms with van der Waals surface area (Å²) in [5.41, 5.74) is -1.87. The van der Waals surface area contributed by atoms with E-state index in [9.17, 15) is 9.59 Å². The molecule has 0 aromatic carbocycles. The molecule has 9 heteroatoms. The highest BCUT2D eigenvalue weighted by Crippen LogP contribution is 2.27. The largest absolute Gasteiger partial charge is 0.339 e. The molecule has 112 valence electrons. The molecule has 2 heterocycles. The molecular weight excluding hydrogens is 314 g/mol. The maximum Gasteiger partial charge on any atom is 0.339 e. The highest BCUT2D eigenvalue weighted by Gasteiger charge is 2.19. The number of aryl methyl sites for hydroxylation is 1. The van der Waals surface area contributed by atoms with Gasteiger partial charge < -0.3 is 0 Å². The van der Waals surface area contributed by atoms with Crippen LogP contribution in [0.2, 0.25) is 5.15 Å². The van der Waals surface area contributed by atoms with Crippen LogP contribution in [0, 0.1) is 0 Å². The van der Waals surface area contributed by atoms with Crippen molar-refractivity contribution in [3.8, 4) is 0 Å². The van der Waals surface area contributed by atoms with Gasteiger partial charge >= 0.3 is 11.1 Å². The second-order valence-corrected chi connectivity index (χ2v) is 6.78. The average molecular weight is 328 g/mol. The highest BCUT2D eigenvalue weighted by molar-refractivity contribution is 7.99. The van der Waals surface area contributed by atoms with Crippen LogP contribution in [0.25, 0.3) is 0 Å². The van der Waals surface area contributed by atoms with Crippen LogP contribution in [0.1, 0.15) is 26.6 Å². The topological polar surface area (TPSA) is 93.5 Å². The molecule has 2 aromatic rings. The Hall–Kier alpha value is -1.67. The van der Waals surface area contributed by atoms with Crippen molar-refractivity contribution in [2.45, 2.75) is 36.4 Å². The molecule has 0 fully saturated rings. The van der Waals surface area contributed by atoms with Crippen molar-refractivity contribution in [2.24, 2.45) is 7.05 Å². The summed E-state index contributed by atoms with van der Waals surface area (Å²) in [6.07, 6.45) is 0. The highest BCUT2D eigenvalue weighted by atomic mass is 35.5. The Morgan fingerprint density at radius 1 is 1.24 bits per heavy atom. The lowest BCUT2D eigenvalue weighted by Crippen LogP contribution is -2.33. The van der Waals surface area contributed by atoms with Gasteiger partial charge in [-0.05, 0) is 11.8 Å². The standard InChI is InChI=1S/C12H14ClN5O2S/c1-12(2,3)10-14-6(13)5-7(15-10)21-11-16-8(19)9(20)17-18(11)4/h5H,1-4H3,(H,17,20). The lowest BCUT2D eigenvalue weighted by Gasteiger charge is -2.17. The fourth-order valence-electron chi connectivity index (χ4n) is 1.43. The molecule has 0 saturated heterocycles. The summed E-state index contributed by atoms with van der Waals surface area (Å²) in [6.45, 7) is 5.92. The summed E-state index contributed by atoms with van der Waals surface area (Å²) < 4.78 is 1.36. The Morgan fingerprint density at radius 3 is 2.52 bits per heavy atom. The summed E-state index contributed by atoms with van der Waals surface area (Å²) in [5, 5.41) is 3.55. The molecule has 0 bridgehead atoms. The number of nitrogens with zero attached hydrogens (tertiary/aromatic N) is 4. The SMILES string of the molecule is Cn1[nH]c(=O)c(=O)nc1Sc1cc(Cl)nc(C(C)(C)C)n1. The third-order valence-corrected chi connectivity index (χ3v) is 3.65. The van der Waals surface area contributed by atoms with Gasteiger partial charge in [0.05, 0.1) is 0 Å². The fourth-order valence-corrected chi connectivity index (χ4v) is 2.48. The van der Waals surface area contributed by atoms with Crippen molar-refractivity contribution in [3.05, 3.63) is 37.8 Å². The van der Waals surface area contributed by atoms with Gasteiger partial charge in [-0.15, -0.1) is 0 Å². The number of rotatable bonds is 2. The molecule has 0 saturated carbocycles. The van der Waals surface area contributed by atoms with E-state index in [1.807, 2.05) is 20.8 Å². The lowest BCUT2D eigenvalue weighted by atomic mass is 9.96. The van der Waals surface area contributed by atoms with Crippen molar-refractivity contribution < 1.29 is 0 Å². The van der Waals surface area contributed by atoms with Crippen molar-refractivity contribution >= 4 is 23.4 Å². The average Bonchev–Trinajstić information content (AvgIpc) is 2.34. The number of H-pyrrole nitrogens is 1. The molecule has 0 aliphatic rings. The number of aromatic amines is 1. The molecule has 1 N–H and O–H groups in total. The number of hydrogen-bond donors (Lipinski definition) is 1. The van der Waals surface area contributed by atoms with Crippen LogP contribution in [0.3, 0.4) is 0 Å². The van der Waals surface area contributed by atoms with E-state index in [0.717, 1.165) is 11.8 Å². The minimum absolute atomic E-state index is 0.259. The first kappa shape index (κ1) is 15.7. The molecule has 2 aromatic heterocycles. The number of nitrogens with one attached hydrogen (secondary N) is 1. The van der Waals surface area contributed by atoms with Gasteiger partial charge in [-0.1, -0.05) is 32.4 Å². The molecule has 0 aliphatic carbocycles. The smallest absolute Gasteiger partial charge is 0.265 e. The van der Waals surface area contributed by atoms with Crippen LogP contribution < -0.4 is 11.1 Å². The predicted molar refractivity (Wildman–Crippen MR) is 80.0 cm³/mol. The third-order valence-electron chi connectivity index (χ3n) is 2.49. The summed E-state index contributed by atoms with van der Waals surface area (Å²) >= 11 is 7.14. The first-order valence-corrected chi connectivity index (χ1v) is 7.26. The van der Waals surface area contributed by atoms with Crippen LogP contribution in [-0.2, 0) is 12.5 Å². The number of halogens is 1. The minimum atomic E-state index is -0.841. The van der Waals surface area contributed by atoms with Crippen LogP contribution in [-0.4, -0.2) is 24.7 Å². The normalized spacial score (nSPS) is 11.7. The molecule has 0 atom stereocenters. The quantitative estimate of drug-likeness (QED) is 0.661.